The lowest BCUT2D eigenvalue weighted by molar-refractivity contribution is 0.0465. The average Bonchev–Trinajstić information content (AvgIpc) is 2.68. The Balaban J connectivity index is 2.41. The lowest BCUT2D eigenvalue weighted by Crippen LogP contribution is -2.13. The summed E-state index contributed by atoms with van der Waals surface area (Å²) in [5.41, 5.74) is 1.17. The molecule has 0 amide bonds. The van der Waals surface area contributed by atoms with Gasteiger partial charge in [0.1, 0.15) is 11.5 Å². The lowest BCUT2D eigenvalue weighted by Gasteiger charge is -2.10. The first-order chi connectivity index (χ1) is 8.67. The fraction of sp³-hybridized carbons (Fsp3) is 0.733. The van der Waals surface area contributed by atoms with Gasteiger partial charge in [0, 0.05) is 5.56 Å². The Kier molecular flexibility index (Phi) is 7.06. The summed E-state index contributed by atoms with van der Waals surface area (Å²) < 4.78 is 11.5. The first kappa shape index (κ1) is 15.3. The molecule has 1 N–H and O–H groups in total. The molecule has 0 saturated heterocycles. The highest BCUT2D eigenvalue weighted by Gasteiger charge is 2.09. The monoisotopic (exact) mass is 253 g/mol. The van der Waals surface area contributed by atoms with Crippen molar-refractivity contribution in [1.82, 2.24) is 5.32 Å². The number of nitrogens with one attached hydrogen (secondary N) is 1. The molecule has 0 fully saturated rings. The van der Waals surface area contributed by atoms with E-state index in [1.165, 1.54) is 5.56 Å². The van der Waals surface area contributed by atoms with Gasteiger partial charge >= 0.3 is 0 Å². The zero-order chi connectivity index (χ0) is 13.4. The Morgan fingerprint density at radius 3 is 2.78 bits per heavy atom. The second-order valence-electron chi connectivity index (χ2n) is 4.88. The molecule has 1 atom stereocenters. The van der Waals surface area contributed by atoms with Crippen molar-refractivity contribution in [2.45, 2.75) is 66.2 Å². The van der Waals surface area contributed by atoms with Crippen molar-refractivity contribution < 1.29 is 9.15 Å². The molecule has 1 aromatic heterocycles. The number of hydrogen-bond donors (Lipinski definition) is 1. The van der Waals surface area contributed by atoms with Crippen LogP contribution in [0.5, 0.6) is 0 Å². The smallest absolute Gasteiger partial charge is 0.118 e. The van der Waals surface area contributed by atoms with Gasteiger partial charge < -0.3 is 14.5 Å². The van der Waals surface area contributed by atoms with E-state index in [9.17, 15) is 0 Å². The van der Waals surface area contributed by atoms with Crippen LogP contribution in [0.15, 0.2) is 10.5 Å². The molecule has 3 heteroatoms. The fourth-order valence-electron chi connectivity index (χ4n) is 1.93. The van der Waals surface area contributed by atoms with Crippen LogP contribution in [0, 0.1) is 6.92 Å². The average molecular weight is 253 g/mol. The van der Waals surface area contributed by atoms with Crippen LogP contribution < -0.4 is 5.32 Å². The molecule has 0 aliphatic rings. The predicted molar refractivity (Wildman–Crippen MR) is 74.6 cm³/mol. The molecular weight excluding hydrogens is 226 g/mol. The van der Waals surface area contributed by atoms with Gasteiger partial charge in [-0.15, -0.1) is 0 Å². The van der Waals surface area contributed by atoms with Crippen LogP contribution in [0.2, 0.25) is 0 Å². The lowest BCUT2D eigenvalue weighted by atomic mass is 10.2. The highest BCUT2D eigenvalue weighted by molar-refractivity contribution is 5.19. The van der Waals surface area contributed by atoms with Crippen molar-refractivity contribution >= 4 is 0 Å². The van der Waals surface area contributed by atoms with Crippen LogP contribution in [0.1, 0.15) is 57.1 Å². The molecule has 1 heterocycles. The summed E-state index contributed by atoms with van der Waals surface area (Å²) in [4.78, 5) is 0. The third kappa shape index (κ3) is 5.23. The standard InChI is InChI=1S/C15H27NO2/c1-5-7-12(3)17-11-14-9-15(18-13(14)4)10-16-8-6-2/h9,12,16H,5-8,10-11H2,1-4H3. The summed E-state index contributed by atoms with van der Waals surface area (Å²) in [6.45, 7) is 11.0. The van der Waals surface area contributed by atoms with E-state index in [0.29, 0.717) is 12.7 Å². The van der Waals surface area contributed by atoms with E-state index in [-0.39, 0.29) is 0 Å². The molecule has 0 spiro atoms. The quantitative estimate of drug-likeness (QED) is 0.680. The van der Waals surface area contributed by atoms with Crippen LogP contribution >= 0.6 is 0 Å². The molecule has 18 heavy (non-hydrogen) atoms. The first-order valence-corrected chi connectivity index (χ1v) is 7.07. The van der Waals surface area contributed by atoms with Gasteiger partial charge in [-0.3, -0.25) is 0 Å². The van der Waals surface area contributed by atoms with Crippen molar-refractivity contribution in [2.24, 2.45) is 0 Å². The highest BCUT2D eigenvalue weighted by atomic mass is 16.5. The van der Waals surface area contributed by atoms with Gasteiger partial charge in [-0.2, -0.15) is 0 Å². The van der Waals surface area contributed by atoms with Crippen LogP contribution in [0.3, 0.4) is 0 Å². The van der Waals surface area contributed by atoms with E-state index in [0.717, 1.165) is 43.9 Å². The Labute approximate surface area is 111 Å². The predicted octanol–water partition coefficient (Wildman–Crippen LogP) is 3.79. The molecule has 0 aromatic carbocycles. The minimum Gasteiger partial charge on any atom is -0.465 e. The van der Waals surface area contributed by atoms with Crippen molar-refractivity contribution in [3.05, 3.63) is 23.2 Å². The van der Waals surface area contributed by atoms with Crippen LogP contribution in [0.25, 0.3) is 0 Å². The van der Waals surface area contributed by atoms with Gasteiger partial charge in [-0.05, 0) is 39.3 Å². The summed E-state index contributed by atoms with van der Waals surface area (Å²) >= 11 is 0. The van der Waals surface area contributed by atoms with Crippen molar-refractivity contribution in [1.29, 1.82) is 0 Å². The van der Waals surface area contributed by atoms with Crippen LogP contribution in [0.4, 0.5) is 0 Å². The molecule has 1 aromatic rings. The van der Waals surface area contributed by atoms with E-state index < -0.39 is 0 Å². The molecule has 1 unspecified atom stereocenters. The summed E-state index contributed by atoms with van der Waals surface area (Å²) in [6.07, 6.45) is 3.75. The van der Waals surface area contributed by atoms with E-state index in [1.54, 1.807) is 0 Å². The zero-order valence-corrected chi connectivity index (χ0v) is 12.2. The summed E-state index contributed by atoms with van der Waals surface area (Å²) in [7, 11) is 0. The summed E-state index contributed by atoms with van der Waals surface area (Å²) in [6, 6.07) is 2.11. The number of ether oxygens (including phenoxy) is 1. The van der Waals surface area contributed by atoms with Crippen molar-refractivity contribution in [2.75, 3.05) is 6.54 Å². The second kappa shape index (κ2) is 8.33. The van der Waals surface area contributed by atoms with Gasteiger partial charge in [0.2, 0.25) is 0 Å². The first-order valence-electron chi connectivity index (χ1n) is 7.07. The minimum absolute atomic E-state index is 0.325. The molecule has 0 saturated carbocycles. The van der Waals surface area contributed by atoms with E-state index >= 15 is 0 Å². The maximum absolute atomic E-state index is 5.81. The van der Waals surface area contributed by atoms with Gasteiger partial charge in [0.25, 0.3) is 0 Å². The topological polar surface area (TPSA) is 34.4 Å². The number of hydrogen-bond acceptors (Lipinski definition) is 3. The van der Waals surface area contributed by atoms with Crippen molar-refractivity contribution in [3.63, 3.8) is 0 Å². The molecule has 0 aliphatic carbocycles. The van der Waals surface area contributed by atoms with E-state index in [2.05, 4.69) is 32.2 Å². The summed E-state index contributed by atoms with van der Waals surface area (Å²) in [5.74, 6) is 1.98. The normalized spacial score (nSPS) is 12.9. The Morgan fingerprint density at radius 2 is 2.11 bits per heavy atom. The summed E-state index contributed by atoms with van der Waals surface area (Å²) in [5, 5.41) is 3.34. The molecule has 0 bridgehead atoms. The maximum atomic E-state index is 5.81. The molecular formula is C15H27NO2. The molecule has 1 rings (SSSR count). The van der Waals surface area contributed by atoms with Gasteiger partial charge in [-0.25, -0.2) is 0 Å². The van der Waals surface area contributed by atoms with Gasteiger partial charge in [0.15, 0.2) is 0 Å². The SMILES string of the molecule is CCCNCc1cc(COC(C)CCC)c(C)o1. The minimum atomic E-state index is 0.325. The Bertz CT molecular complexity index is 333. The number of furan rings is 1. The fourth-order valence-corrected chi connectivity index (χ4v) is 1.93. The van der Waals surface area contributed by atoms with Crippen LogP contribution in [-0.2, 0) is 17.9 Å². The third-order valence-electron chi connectivity index (χ3n) is 3.02. The van der Waals surface area contributed by atoms with E-state index in [4.69, 9.17) is 9.15 Å². The van der Waals surface area contributed by atoms with E-state index in [1.807, 2.05) is 6.92 Å². The molecule has 0 aliphatic heterocycles. The van der Waals surface area contributed by atoms with Crippen LogP contribution in [-0.4, -0.2) is 12.6 Å². The largest absolute Gasteiger partial charge is 0.465 e. The number of rotatable bonds is 9. The molecule has 104 valence electrons. The molecule has 3 nitrogen and oxygen atoms in total. The Morgan fingerprint density at radius 1 is 1.33 bits per heavy atom. The Hall–Kier alpha value is -0.800. The third-order valence-corrected chi connectivity index (χ3v) is 3.02. The zero-order valence-electron chi connectivity index (χ0n) is 12.2. The molecule has 0 radical (unpaired) electrons. The van der Waals surface area contributed by atoms with Gasteiger partial charge in [-0.1, -0.05) is 20.3 Å². The number of aryl methyl sites for hydroxylation is 1. The highest BCUT2D eigenvalue weighted by Crippen LogP contribution is 2.17. The second-order valence-corrected chi connectivity index (χ2v) is 4.88. The maximum Gasteiger partial charge on any atom is 0.118 e. The van der Waals surface area contributed by atoms with Crippen molar-refractivity contribution in [3.8, 4) is 0 Å². The van der Waals surface area contributed by atoms with Gasteiger partial charge in [0.05, 0.1) is 19.3 Å².